The molecule has 1 aromatic carbocycles. The largest absolute Gasteiger partial charge is 0.330 e. The molecule has 76 valence electrons. The third-order valence-corrected chi connectivity index (χ3v) is 1.91. The summed E-state index contributed by atoms with van der Waals surface area (Å²) in [5.41, 5.74) is 5.15. The number of rotatable bonds is 4. The molecule has 0 heterocycles. The second-order valence-corrected chi connectivity index (χ2v) is 2.90. The molecule has 5 heteroatoms. The standard InChI is InChI=1S/C9H11FN2O2/c10-9-7(4-2-6-11)3-1-5-8(9)12(13)14/h1,3,5H,2,4,6,11H2. The van der Waals surface area contributed by atoms with Gasteiger partial charge < -0.3 is 5.73 Å². The van der Waals surface area contributed by atoms with E-state index >= 15 is 0 Å². The van der Waals surface area contributed by atoms with E-state index in [9.17, 15) is 14.5 Å². The molecule has 1 rings (SSSR count). The lowest BCUT2D eigenvalue weighted by molar-refractivity contribution is -0.387. The monoisotopic (exact) mass is 198 g/mol. The van der Waals surface area contributed by atoms with Crippen molar-refractivity contribution in [2.75, 3.05) is 6.54 Å². The number of benzene rings is 1. The smallest absolute Gasteiger partial charge is 0.305 e. The van der Waals surface area contributed by atoms with Gasteiger partial charge in [0.05, 0.1) is 4.92 Å². The Morgan fingerprint density at radius 3 is 2.79 bits per heavy atom. The Morgan fingerprint density at radius 1 is 1.50 bits per heavy atom. The van der Waals surface area contributed by atoms with Crippen molar-refractivity contribution >= 4 is 5.69 Å². The van der Waals surface area contributed by atoms with Crippen LogP contribution in [0.25, 0.3) is 0 Å². The summed E-state index contributed by atoms with van der Waals surface area (Å²) in [4.78, 5) is 9.67. The Morgan fingerprint density at radius 2 is 2.21 bits per heavy atom. The van der Waals surface area contributed by atoms with E-state index in [0.29, 0.717) is 24.9 Å². The van der Waals surface area contributed by atoms with Crippen LogP contribution in [0, 0.1) is 15.9 Å². The van der Waals surface area contributed by atoms with E-state index in [4.69, 9.17) is 5.73 Å². The van der Waals surface area contributed by atoms with Crippen LogP contribution in [-0.4, -0.2) is 11.5 Å². The molecule has 4 nitrogen and oxygen atoms in total. The molecule has 1 aromatic rings. The number of hydrogen-bond donors (Lipinski definition) is 1. The fourth-order valence-electron chi connectivity index (χ4n) is 1.19. The molecule has 0 atom stereocenters. The summed E-state index contributed by atoms with van der Waals surface area (Å²) in [5, 5.41) is 10.4. The summed E-state index contributed by atoms with van der Waals surface area (Å²) in [5.74, 6) is -0.744. The second kappa shape index (κ2) is 4.66. The number of nitro groups is 1. The molecule has 0 aliphatic heterocycles. The highest BCUT2D eigenvalue weighted by Crippen LogP contribution is 2.20. The third-order valence-electron chi connectivity index (χ3n) is 1.91. The summed E-state index contributed by atoms with van der Waals surface area (Å²) in [6, 6.07) is 4.17. The Labute approximate surface area is 80.7 Å². The van der Waals surface area contributed by atoms with Gasteiger partial charge in [-0.15, -0.1) is 0 Å². The molecule has 0 radical (unpaired) electrons. The van der Waals surface area contributed by atoms with Crippen molar-refractivity contribution in [3.63, 3.8) is 0 Å². The van der Waals surface area contributed by atoms with E-state index in [1.165, 1.54) is 12.1 Å². The number of hydrogen-bond acceptors (Lipinski definition) is 3. The molecule has 0 unspecified atom stereocenters. The zero-order valence-corrected chi connectivity index (χ0v) is 7.57. The summed E-state index contributed by atoms with van der Waals surface area (Å²) in [6.07, 6.45) is 1.06. The first-order valence-electron chi connectivity index (χ1n) is 4.28. The van der Waals surface area contributed by atoms with Crippen LogP contribution in [0.4, 0.5) is 10.1 Å². The van der Waals surface area contributed by atoms with Crippen LogP contribution in [0.3, 0.4) is 0 Å². The lowest BCUT2D eigenvalue weighted by Gasteiger charge is -2.01. The van der Waals surface area contributed by atoms with Gasteiger partial charge in [0.15, 0.2) is 0 Å². The minimum Gasteiger partial charge on any atom is -0.330 e. The Kier molecular flexibility index (Phi) is 3.53. The van der Waals surface area contributed by atoms with Crippen LogP contribution < -0.4 is 5.73 Å². The number of nitrogens with zero attached hydrogens (tertiary/aromatic N) is 1. The molecule has 0 aliphatic rings. The summed E-state index contributed by atoms with van der Waals surface area (Å²) >= 11 is 0. The van der Waals surface area contributed by atoms with E-state index < -0.39 is 16.4 Å². The highest BCUT2D eigenvalue weighted by atomic mass is 19.1. The van der Waals surface area contributed by atoms with Crippen molar-refractivity contribution in [1.82, 2.24) is 0 Å². The van der Waals surface area contributed by atoms with Gasteiger partial charge in [-0.2, -0.15) is 4.39 Å². The predicted octanol–water partition coefficient (Wildman–Crippen LogP) is 1.63. The van der Waals surface area contributed by atoms with E-state index in [1.807, 2.05) is 0 Å². The fourth-order valence-corrected chi connectivity index (χ4v) is 1.19. The summed E-state index contributed by atoms with van der Waals surface area (Å²) in [6.45, 7) is 0.447. The minimum atomic E-state index is -0.744. The topological polar surface area (TPSA) is 69.2 Å². The van der Waals surface area contributed by atoms with Gasteiger partial charge in [-0.05, 0) is 24.9 Å². The number of nitrogens with two attached hydrogens (primary N) is 1. The van der Waals surface area contributed by atoms with Gasteiger partial charge in [-0.25, -0.2) is 0 Å². The van der Waals surface area contributed by atoms with Gasteiger partial charge in [0.1, 0.15) is 0 Å². The minimum absolute atomic E-state index is 0.352. The van der Waals surface area contributed by atoms with Gasteiger partial charge >= 0.3 is 5.69 Å². The average Bonchev–Trinajstić information content (AvgIpc) is 2.16. The molecular weight excluding hydrogens is 187 g/mol. The first kappa shape index (κ1) is 10.6. The lowest BCUT2D eigenvalue weighted by atomic mass is 10.1. The molecular formula is C9H11FN2O2. The van der Waals surface area contributed by atoms with Crippen molar-refractivity contribution in [1.29, 1.82) is 0 Å². The molecule has 0 bridgehead atoms. The Balaban J connectivity index is 2.95. The normalized spacial score (nSPS) is 10.1. The highest BCUT2D eigenvalue weighted by molar-refractivity contribution is 5.36. The van der Waals surface area contributed by atoms with Gasteiger partial charge in [0, 0.05) is 6.07 Å². The van der Waals surface area contributed by atoms with Crippen LogP contribution in [0.15, 0.2) is 18.2 Å². The molecule has 0 spiro atoms. The molecule has 14 heavy (non-hydrogen) atoms. The summed E-state index contributed by atoms with van der Waals surface area (Å²) in [7, 11) is 0. The molecule has 0 saturated heterocycles. The van der Waals surface area contributed by atoms with Crippen molar-refractivity contribution < 1.29 is 9.31 Å². The molecule has 0 amide bonds. The predicted molar refractivity (Wildman–Crippen MR) is 50.4 cm³/mol. The van der Waals surface area contributed by atoms with E-state index in [-0.39, 0.29) is 0 Å². The Bertz CT molecular complexity index is 342. The Hall–Kier alpha value is -1.49. The molecule has 0 aliphatic carbocycles. The van der Waals surface area contributed by atoms with E-state index in [2.05, 4.69) is 0 Å². The van der Waals surface area contributed by atoms with Crippen molar-refractivity contribution in [3.05, 3.63) is 39.7 Å². The lowest BCUT2D eigenvalue weighted by Crippen LogP contribution is -2.03. The second-order valence-electron chi connectivity index (χ2n) is 2.90. The van der Waals surface area contributed by atoms with E-state index in [1.54, 1.807) is 0 Å². The van der Waals surface area contributed by atoms with Crippen LogP contribution in [0.5, 0.6) is 0 Å². The molecule has 0 aromatic heterocycles. The zero-order valence-electron chi connectivity index (χ0n) is 7.57. The van der Waals surface area contributed by atoms with Crippen molar-refractivity contribution in [2.24, 2.45) is 5.73 Å². The van der Waals surface area contributed by atoms with Crippen LogP contribution >= 0.6 is 0 Å². The first-order chi connectivity index (χ1) is 6.66. The van der Waals surface area contributed by atoms with Crippen LogP contribution in [0.2, 0.25) is 0 Å². The van der Waals surface area contributed by atoms with Crippen molar-refractivity contribution in [3.8, 4) is 0 Å². The number of aryl methyl sites for hydroxylation is 1. The molecule has 0 fully saturated rings. The quantitative estimate of drug-likeness (QED) is 0.590. The maximum Gasteiger partial charge on any atom is 0.305 e. The first-order valence-corrected chi connectivity index (χ1v) is 4.28. The van der Waals surface area contributed by atoms with Gasteiger partial charge in [0.2, 0.25) is 5.82 Å². The SMILES string of the molecule is NCCCc1cccc([N+](=O)[O-])c1F. The third kappa shape index (κ3) is 2.26. The number of nitro benzene ring substituents is 1. The van der Waals surface area contributed by atoms with Gasteiger partial charge in [-0.3, -0.25) is 10.1 Å². The van der Waals surface area contributed by atoms with Gasteiger partial charge in [-0.1, -0.05) is 12.1 Å². The van der Waals surface area contributed by atoms with E-state index in [0.717, 1.165) is 6.07 Å². The summed E-state index contributed by atoms with van der Waals surface area (Å²) < 4.78 is 13.4. The maximum absolute atomic E-state index is 13.4. The average molecular weight is 198 g/mol. The molecule has 0 saturated carbocycles. The van der Waals surface area contributed by atoms with Gasteiger partial charge in [0.25, 0.3) is 0 Å². The molecule has 2 N–H and O–H groups in total. The van der Waals surface area contributed by atoms with Crippen molar-refractivity contribution in [2.45, 2.75) is 12.8 Å². The zero-order chi connectivity index (χ0) is 10.6. The van der Waals surface area contributed by atoms with Crippen LogP contribution in [-0.2, 0) is 6.42 Å². The highest BCUT2D eigenvalue weighted by Gasteiger charge is 2.16. The maximum atomic E-state index is 13.4. The van der Waals surface area contributed by atoms with Crippen LogP contribution in [0.1, 0.15) is 12.0 Å². The fraction of sp³-hybridized carbons (Fsp3) is 0.333. The number of halogens is 1.